The Balaban J connectivity index is 1.41. The first-order valence-electron chi connectivity index (χ1n) is 10.5. The highest BCUT2D eigenvalue weighted by molar-refractivity contribution is 6.30. The van der Waals surface area contributed by atoms with Gasteiger partial charge in [-0.05, 0) is 41.7 Å². The summed E-state index contributed by atoms with van der Waals surface area (Å²) >= 11 is 6.03. The van der Waals surface area contributed by atoms with Crippen molar-refractivity contribution in [2.45, 2.75) is 31.5 Å². The van der Waals surface area contributed by atoms with E-state index in [0.717, 1.165) is 56.3 Å². The molecule has 1 amide bonds. The zero-order valence-electron chi connectivity index (χ0n) is 16.7. The monoisotopic (exact) mass is 412 g/mol. The molecule has 4 rings (SSSR count). The fourth-order valence-corrected chi connectivity index (χ4v) is 4.28. The van der Waals surface area contributed by atoms with Crippen LogP contribution in [0.1, 0.15) is 16.7 Å². The molecule has 1 saturated heterocycles. The summed E-state index contributed by atoms with van der Waals surface area (Å²) in [4.78, 5) is 15.2. The van der Waals surface area contributed by atoms with Crippen LogP contribution in [0.5, 0.6) is 0 Å². The van der Waals surface area contributed by atoms with E-state index < -0.39 is 0 Å². The predicted octanol–water partition coefficient (Wildman–Crippen LogP) is 1.99. The van der Waals surface area contributed by atoms with Crippen molar-refractivity contribution in [2.75, 3.05) is 32.7 Å². The number of halogens is 1. The van der Waals surface area contributed by atoms with E-state index in [4.69, 9.17) is 11.6 Å². The fraction of sp³-hybridized carbons (Fsp3) is 0.435. The molecule has 3 N–H and O–H groups in total. The number of amides is 1. The molecule has 5 nitrogen and oxygen atoms in total. The number of nitrogens with zero attached hydrogens (tertiary/aromatic N) is 1. The Morgan fingerprint density at radius 2 is 1.83 bits per heavy atom. The third-order valence-corrected chi connectivity index (χ3v) is 6.11. The van der Waals surface area contributed by atoms with Crippen molar-refractivity contribution in [1.29, 1.82) is 0 Å². The Labute approximate surface area is 177 Å². The molecule has 0 bridgehead atoms. The fourth-order valence-electron chi connectivity index (χ4n) is 4.16. The normalized spacial score (nSPS) is 20.2. The van der Waals surface area contributed by atoms with Crippen LogP contribution in [0.2, 0.25) is 5.02 Å². The van der Waals surface area contributed by atoms with Gasteiger partial charge in [0.15, 0.2) is 0 Å². The maximum Gasteiger partial charge on any atom is 0.240 e. The van der Waals surface area contributed by atoms with Gasteiger partial charge in [0, 0.05) is 50.3 Å². The second-order valence-electron chi connectivity index (χ2n) is 7.92. The molecule has 2 aliphatic heterocycles. The number of fused-ring (bicyclic) bond motifs is 1. The number of hydrogen-bond donors (Lipinski definition) is 3. The Morgan fingerprint density at radius 3 is 2.59 bits per heavy atom. The molecule has 2 aliphatic rings. The van der Waals surface area contributed by atoms with Crippen molar-refractivity contribution in [3.8, 4) is 0 Å². The Bertz CT molecular complexity index is 820. The second kappa shape index (κ2) is 9.72. The summed E-state index contributed by atoms with van der Waals surface area (Å²) < 4.78 is 0. The third-order valence-electron chi connectivity index (χ3n) is 5.86. The summed E-state index contributed by atoms with van der Waals surface area (Å²) in [6, 6.07) is 16.5. The minimum absolute atomic E-state index is 0.192. The van der Waals surface area contributed by atoms with Gasteiger partial charge in [-0.1, -0.05) is 48.0 Å². The lowest BCUT2D eigenvalue weighted by Crippen LogP contribution is -2.55. The van der Waals surface area contributed by atoms with Crippen molar-refractivity contribution in [2.24, 2.45) is 0 Å². The van der Waals surface area contributed by atoms with Crippen LogP contribution in [-0.2, 0) is 24.2 Å². The molecule has 6 heteroatoms. The SMILES string of the molecule is O=C([C@@H](Cc1ccc(Cl)cc1)NC[C@H]1Cc2ccccc2CN1)N1CCNCC1. The zero-order chi connectivity index (χ0) is 20.1. The van der Waals surface area contributed by atoms with Gasteiger partial charge in [0.25, 0.3) is 0 Å². The minimum atomic E-state index is -0.228. The van der Waals surface area contributed by atoms with Gasteiger partial charge in [0.2, 0.25) is 5.91 Å². The number of hydrogen-bond acceptors (Lipinski definition) is 4. The van der Waals surface area contributed by atoms with E-state index in [0.29, 0.717) is 12.5 Å². The zero-order valence-corrected chi connectivity index (χ0v) is 17.4. The minimum Gasteiger partial charge on any atom is -0.339 e. The topological polar surface area (TPSA) is 56.4 Å². The largest absolute Gasteiger partial charge is 0.339 e. The van der Waals surface area contributed by atoms with E-state index in [1.165, 1.54) is 11.1 Å². The molecule has 0 aliphatic carbocycles. The van der Waals surface area contributed by atoms with Gasteiger partial charge in [-0.3, -0.25) is 4.79 Å². The quantitative estimate of drug-likeness (QED) is 0.679. The Kier molecular flexibility index (Phi) is 6.82. The molecule has 2 aromatic rings. The lowest BCUT2D eigenvalue weighted by atomic mass is 9.95. The summed E-state index contributed by atoms with van der Waals surface area (Å²) in [6.45, 7) is 4.92. The van der Waals surface area contributed by atoms with Crippen molar-refractivity contribution >= 4 is 17.5 Å². The molecule has 29 heavy (non-hydrogen) atoms. The summed E-state index contributed by atoms with van der Waals surface area (Å²) in [6.07, 6.45) is 1.65. The summed E-state index contributed by atoms with van der Waals surface area (Å²) in [5.41, 5.74) is 3.90. The van der Waals surface area contributed by atoms with Crippen LogP contribution < -0.4 is 16.0 Å². The number of rotatable bonds is 6. The Hall–Kier alpha value is -1.92. The van der Waals surface area contributed by atoms with Crippen LogP contribution >= 0.6 is 11.6 Å². The van der Waals surface area contributed by atoms with Crippen LogP contribution in [-0.4, -0.2) is 55.6 Å². The molecule has 2 heterocycles. The molecule has 1 fully saturated rings. The smallest absolute Gasteiger partial charge is 0.240 e. The van der Waals surface area contributed by atoms with Gasteiger partial charge in [-0.2, -0.15) is 0 Å². The molecule has 154 valence electrons. The van der Waals surface area contributed by atoms with Crippen molar-refractivity contribution in [1.82, 2.24) is 20.9 Å². The van der Waals surface area contributed by atoms with E-state index in [2.05, 4.69) is 40.2 Å². The predicted molar refractivity (Wildman–Crippen MR) is 117 cm³/mol. The Morgan fingerprint density at radius 1 is 1.10 bits per heavy atom. The summed E-state index contributed by atoms with van der Waals surface area (Å²) in [5, 5.41) is 11.2. The van der Waals surface area contributed by atoms with Crippen LogP contribution in [0.4, 0.5) is 0 Å². The average Bonchev–Trinajstić information content (AvgIpc) is 2.78. The van der Waals surface area contributed by atoms with Crippen molar-refractivity contribution in [3.05, 3.63) is 70.2 Å². The van der Waals surface area contributed by atoms with Gasteiger partial charge in [-0.25, -0.2) is 0 Å². The highest BCUT2D eigenvalue weighted by Gasteiger charge is 2.27. The highest BCUT2D eigenvalue weighted by Crippen LogP contribution is 2.17. The van der Waals surface area contributed by atoms with Crippen LogP contribution in [0.15, 0.2) is 48.5 Å². The first kappa shape index (κ1) is 20.4. The van der Waals surface area contributed by atoms with E-state index >= 15 is 0 Å². The maximum atomic E-state index is 13.2. The van der Waals surface area contributed by atoms with Gasteiger partial charge < -0.3 is 20.9 Å². The number of nitrogens with one attached hydrogen (secondary N) is 3. The number of benzene rings is 2. The molecule has 2 aromatic carbocycles. The van der Waals surface area contributed by atoms with Crippen LogP contribution in [0.3, 0.4) is 0 Å². The second-order valence-corrected chi connectivity index (χ2v) is 8.35. The van der Waals surface area contributed by atoms with E-state index in [-0.39, 0.29) is 11.9 Å². The van der Waals surface area contributed by atoms with Crippen LogP contribution in [0, 0.1) is 0 Å². The van der Waals surface area contributed by atoms with E-state index in [9.17, 15) is 4.79 Å². The first-order chi connectivity index (χ1) is 14.2. The lowest BCUT2D eigenvalue weighted by Gasteiger charge is -2.33. The molecule has 0 unspecified atom stereocenters. The van der Waals surface area contributed by atoms with Gasteiger partial charge in [-0.15, -0.1) is 0 Å². The van der Waals surface area contributed by atoms with E-state index in [1.807, 2.05) is 29.2 Å². The number of piperazine rings is 1. The van der Waals surface area contributed by atoms with Crippen LogP contribution in [0.25, 0.3) is 0 Å². The van der Waals surface area contributed by atoms with Crippen molar-refractivity contribution < 1.29 is 4.79 Å². The van der Waals surface area contributed by atoms with Gasteiger partial charge in [0.05, 0.1) is 6.04 Å². The third kappa shape index (κ3) is 5.37. The molecular weight excluding hydrogens is 384 g/mol. The standard InChI is InChI=1S/C23H29ClN4O/c24-20-7-5-17(6-8-20)13-22(23(29)28-11-9-25-10-12-28)27-16-21-14-18-3-1-2-4-19(18)15-26-21/h1-8,21-22,25-27H,9-16H2/t21-,22-/m1/s1. The molecule has 0 radical (unpaired) electrons. The summed E-state index contributed by atoms with van der Waals surface area (Å²) in [7, 11) is 0. The molecule has 0 aromatic heterocycles. The lowest BCUT2D eigenvalue weighted by molar-refractivity contribution is -0.134. The highest BCUT2D eigenvalue weighted by atomic mass is 35.5. The maximum absolute atomic E-state index is 13.2. The molecule has 0 saturated carbocycles. The average molecular weight is 413 g/mol. The molecule has 2 atom stereocenters. The van der Waals surface area contributed by atoms with Gasteiger partial charge in [0.1, 0.15) is 0 Å². The number of carbonyl (C=O) groups excluding carboxylic acids is 1. The number of carbonyl (C=O) groups is 1. The molecule has 0 spiro atoms. The van der Waals surface area contributed by atoms with Crippen molar-refractivity contribution in [3.63, 3.8) is 0 Å². The van der Waals surface area contributed by atoms with E-state index in [1.54, 1.807) is 0 Å². The van der Waals surface area contributed by atoms with Gasteiger partial charge >= 0.3 is 0 Å². The molecular formula is C23H29ClN4O. The first-order valence-corrected chi connectivity index (χ1v) is 10.8. The summed E-state index contributed by atoms with van der Waals surface area (Å²) in [5.74, 6) is 0.192.